The lowest BCUT2D eigenvalue weighted by molar-refractivity contribution is -0.160. The molecule has 1 aliphatic heterocycles. The number of carbonyl (C=O) groups is 1. The third kappa shape index (κ3) is 3.68. The Bertz CT molecular complexity index is 247. The molecule has 0 aromatic carbocycles. The second kappa shape index (κ2) is 6.36. The third-order valence-corrected chi connectivity index (χ3v) is 3.83. The van der Waals surface area contributed by atoms with Crippen molar-refractivity contribution in [3.05, 3.63) is 0 Å². The molecule has 1 unspecified atom stereocenters. The summed E-state index contributed by atoms with van der Waals surface area (Å²) in [7, 11) is 3.44. The van der Waals surface area contributed by atoms with Crippen LogP contribution in [0, 0.1) is 5.92 Å². The van der Waals surface area contributed by atoms with E-state index < -0.39 is 5.60 Å². The van der Waals surface area contributed by atoms with E-state index in [1.165, 1.54) is 7.11 Å². The molecule has 0 aliphatic carbocycles. The predicted octanol–water partition coefficient (Wildman–Crippen LogP) is 1.42. The summed E-state index contributed by atoms with van der Waals surface area (Å²) in [6, 6.07) is 0. The van der Waals surface area contributed by atoms with Crippen LogP contribution in [-0.2, 0) is 9.53 Å². The van der Waals surface area contributed by atoms with Gasteiger partial charge in [0.15, 0.2) is 0 Å². The van der Waals surface area contributed by atoms with Gasteiger partial charge in [-0.15, -0.1) is 0 Å². The molecule has 1 saturated heterocycles. The van der Waals surface area contributed by atoms with Crippen molar-refractivity contribution in [3.63, 3.8) is 0 Å². The molecule has 0 amide bonds. The molecule has 17 heavy (non-hydrogen) atoms. The van der Waals surface area contributed by atoms with Gasteiger partial charge in [-0.2, -0.15) is 0 Å². The highest BCUT2D eigenvalue weighted by molar-refractivity contribution is 5.73. The van der Waals surface area contributed by atoms with E-state index in [4.69, 9.17) is 4.74 Å². The van der Waals surface area contributed by atoms with Crippen LogP contribution < -0.4 is 0 Å². The maximum atomic E-state index is 11.8. The van der Waals surface area contributed by atoms with Crippen molar-refractivity contribution in [2.45, 2.75) is 44.6 Å². The van der Waals surface area contributed by atoms with E-state index in [1.807, 2.05) is 7.05 Å². The van der Waals surface area contributed by atoms with Crippen molar-refractivity contribution in [1.29, 1.82) is 0 Å². The molecule has 1 rings (SSSR count). The molecule has 1 fully saturated rings. The first-order valence-corrected chi connectivity index (χ1v) is 6.52. The summed E-state index contributed by atoms with van der Waals surface area (Å²) in [4.78, 5) is 14.0. The molecule has 0 saturated carbocycles. The Morgan fingerprint density at radius 3 is 2.53 bits per heavy atom. The van der Waals surface area contributed by atoms with E-state index in [-0.39, 0.29) is 11.9 Å². The zero-order valence-corrected chi connectivity index (χ0v) is 11.2. The van der Waals surface area contributed by atoms with E-state index in [0.29, 0.717) is 12.8 Å². The Kier molecular flexibility index (Phi) is 5.40. The Balaban J connectivity index is 2.70. The Hall–Kier alpha value is -0.610. The summed E-state index contributed by atoms with van der Waals surface area (Å²) >= 11 is 0. The Labute approximate surface area is 104 Å². The first-order valence-electron chi connectivity index (χ1n) is 6.52. The van der Waals surface area contributed by atoms with E-state index >= 15 is 0 Å². The van der Waals surface area contributed by atoms with Crippen LogP contribution >= 0.6 is 0 Å². The van der Waals surface area contributed by atoms with Gasteiger partial charge in [0.05, 0.1) is 18.6 Å². The summed E-state index contributed by atoms with van der Waals surface area (Å²) in [6.45, 7) is 3.78. The number of ether oxygens (including phenoxy) is 1. The molecular weight excluding hydrogens is 218 g/mol. The fourth-order valence-electron chi connectivity index (χ4n) is 2.51. The topological polar surface area (TPSA) is 49.8 Å². The average molecular weight is 243 g/mol. The van der Waals surface area contributed by atoms with Crippen molar-refractivity contribution in [2.24, 2.45) is 5.92 Å². The standard InChI is InChI=1S/C13H25NO3/c1-4-5-6-11(12(15)17-3)13(16)7-9-14(2)10-8-13/h11,16H,4-10H2,1-3H3. The largest absolute Gasteiger partial charge is 0.469 e. The summed E-state index contributed by atoms with van der Waals surface area (Å²) in [5.74, 6) is -0.619. The number of hydrogen-bond donors (Lipinski definition) is 1. The van der Waals surface area contributed by atoms with Crippen molar-refractivity contribution in [1.82, 2.24) is 4.90 Å². The summed E-state index contributed by atoms with van der Waals surface area (Å²) in [5, 5.41) is 10.6. The monoisotopic (exact) mass is 243 g/mol. The van der Waals surface area contributed by atoms with Gasteiger partial charge in [-0.1, -0.05) is 19.8 Å². The summed E-state index contributed by atoms with van der Waals surface area (Å²) < 4.78 is 4.84. The minimum atomic E-state index is -0.866. The van der Waals surface area contributed by atoms with Crippen molar-refractivity contribution in [2.75, 3.05) is 27.2 Å². The normalized spacial score (nSPS) is 22.1. The SMILES string of the molecule is CCCCC(C(=O)OC)C1(O)CCN(C)CC1. The molecule has 4 nitrogen and oxygen atoms in total. The lowest BCUT2D eigenvalue weighted by Gasteiger charge is -2.40. The zero-order valence-electron chi connectivity index (χ0n) is 11.2. The molecule has 1 aliphatic rings. The van der Waals surface area contributed by atoms with Crippen LogP contribution in [0.2, 0.25) is 0 Å². The van der Waals surface area contributed by atoms with Gasteiger partial charge in [-0.05, 0) is 26.3 Å². The lowest BCUT2D eigenvalue weighted by atomic mass is 9.77. The second-order valence-electron chi connectivity index (χ2n) is 5.12. The lowest BCUT2D eigenvalue weighted by Crippen LogP contribution is -2.50. The van der Waals surface area contributed by atoms with Crippen LogP contribution in [-0.4, -0.2) is 48.8 Å². The van der Waals surface area contributed by atoms with Gasteiger partial charge in [0.2, 0.25) is 0 Å². The van der Waals surface area contributed by atoms with Crippen molar-refractivity contribution >= 4 is 5.97 Å². The maximum absolute atomic E-state index is 11.8. The third-order valence-electron chi connectivity index (χ3n) is 3.83. The number of aliphatic hydroxyl groups is 1. The number of piperidine rings is 1. The molecule has 4 heteroatoms. The molecule has 0 aromatic heterocycles. The van der Waals surface area contributed by atoms with Gasteiger partial charge in [-0.3, -0.25) is 4.79 Å². The Morgan fingerprint density at radius 2 is 2.06 bits per heavy atom. The number of likely N-dealkylation sites (tertiary alicyclic amines) is 1. The molecule has 1 atom stereocenters. The number of esters is 1. The highest BCUT2D eigenvalue weighted by atomic mass is 16.5. The van der Waals surface area contributed by atoms with Crippen LogP contribution in [0.4, 0.5) is 0 Å². The fraction of sp³-hybridized carbons (Fsp3) is 0.923. The van der Waals surface area contributed by atoms with Gasteiger partial charge in [-0.25, -0.2) is 0 Å². The van der Waals surface area contributed by atoms with Crippen LogP contribution in [0.25, 0.3) is 0 Å². The minimum Gasteiger partial charge on any atom is -0.469 e. The molecule has 1 N–H and O–H groups in total. The number of carbonyl (C=O) groups excluding carboxylic acids is 1. The van der Waals surface area contributed by atoms with Crippen LogP contribution in [0.1, 0.15) is 39.0 Å². The molecule has 0 aromatic rings. The highest BCUT2D eigenvalue weighted by Crippen LogP contribution is 2.33. The molecular formula is C13H25NO3. The molecule has 1 heterocycles. The van der Waals surface area contributed by atoms with E-state index in [1.54, 1.807) is 0 Å². The van der Waals surface area contributed by atoms with Gasteiger partial charge in [0.25, 0.3) is 0 Å². The quantitative estimate of drug-likeness (QED) is 0.742. The van der Waals surface area contributed by atoms with Crippen LogP contribution in [0.5, 0.6) is 0 Å². The average Bonchev–Trinajstić information content (AvgIpc) is 2.33. The van der Waals surface area contributed by atoms with E-state index in [2.05, 4.69) is 11.8 Å². The molecule has 0 radical (unpaired) electrons. The van der Waals surface area contributed by atoms with Gasteiger partial charge < -0.3 is 14.7 Å². The fourth-order valence-corrected chi connectivity index (χ4v) is 2.51. The van der Waals surface area contributed by atoms with Crippen LogP contribution in [0.3, 0.4) is 0 Å². The molecule has 0 spiro atoms. The minimum absolute atomic E-state index is 0.259. The van der Waals surface area contributed by atoms with Crippen LogP contribution in [0.15, 0.2) is 0 Å². The molecule has 100 valence electrons. The smallest absolute Gasteiger partial charge is 0.311 e. The maximum Gasteiger partial charge on any atom is 0.311 e. The Morgan fingerprint density at radius 1 is 1.47 bits per heavy atom. The first-order chi connectivity index (χ1) is 8.03. The number of hydrogen-bond acceptors (Lipinski definition) is 4. The van der Waals surface area contributed by atoms with Gasteiger partial charge in [0, 0.05) is 13.1 Å². The van der Waals surface area contributed by atoms with E-state index in [9.17, 15) is 9.90 Å². The zero-order chi connectivity index (χ0) is 12.9. The van der Waals surface area contributed by atoms with Gasteiger partial charge in [0.1, 0.15) is 0 Å². The number of unbranched alkanes of at least 4 members (excludes halogenated alkanes) is 1. The summed E-state index contributed by atoms with van der Waals surface area (Å²) in [6.07, 6.45) is 4.03. The highest BCUT2D eigenvalue weighted by Gasteiger charge is 2.43. The summed E-state index contributed by atoms with van der Waals surface area (Å²) in [5.41, 5.74) is -0.866. The van der Waals surface area contributed by atoms with E-state index in [0.717, 1.165) is 32.4 Å². The number of rotatable bonds is 5. The second-order valence-corrected chi connectivity index (χ2v) is 5.12. The number of methoxy groups -OCH3 is 1. The predicted molar refractivity (Wildman–Crippen MR) is 66.7 cm³/mol. The van der Waals surface area contributed by atoms with Crippen molar-refractivity contribution < 1.29 is 14.6 Å². The number of nitrogens with zero attached hydrogens (tertiary/aromatic N) is 1. The molecule has 0 bridgehead atoms. The van der Waals surface area contributed by atoms with Gasteiger partial charge >= 0.3 is 5.97 Å². The first kappa shape index (κ1) is 14.5. The van der Waals surface area contributed by atoms with Crippen molar-refractivity contribution in [3.8, 4) is 0 Å².